The van der Waals surface area contributed by atoms with E-state index < -0.39 is 20.1 Å². The molecule has 2 atom stereocenters. The summed E-state index contributed by atoms with van der Waals surface area (Å²) >= 11 is 0. The van der Waals surface area contributed by atoms with Crippen molar-refractivity contribution >= 4 is 14.1 Å². The summed E-state index contributed by atoms with van der Waals surface area (Å²) in [6.45, 7) is 1.71. The number of hydrogen-bond acceptors (Lipinski definition) is 3. The van der Waals surface area contributed by atoms with E-state index in [2.05, 4.69) is 0 Å². The predicted octanol–water partition coefficient (Wildman–Crippen LogP) is -0.792. The van der Waals surface area contributed by atoms with Gasteiger partial charge in [-0.25, -0.2) is 0 Å². The van der Waals surface area contributed by atoms with Gasteiger partial charge in [-0.2, -0.15) is 0 Å². The van der Waals surface area contributed by atoms with Gasteiger partial charge < -0.3 is 16.4 Å². The van der Waals surface area contributed by atoms with Gasteiger partial charge in [-0.05, 0) is 19.2 Å². The molecular formula is C5H13N2O2P. The first-order valence-electron chi connectivity index (χ1n) is 2.99. The molecule has 0 radical (unpaired) electrons. The van der Waals surface area contributed by atoms with Crippen molar-refractivity contribution in [2.24, 2.45) is 11.5 Å². The third-order valence-electron chi connectivity index (χ3n) is 1.13. The summed E-state index contributed by atoms with van der Waals surface area (Å²) in [5.74, 6) is -0.503. The lowest BCUT2D eigenvalue weighted by Gasteiger charge is -2.07. The van der Waals surface area contributed by atoms with Gasteiger partial charge in [-0.15, -0.1) is 0 Å². The number of carbonyl (C=O) groups excluding carboxylic acids is 1. The fraction of sp³-hybridized carbons (Fsp3) is 0.800. The molecule has 60 valence electrons. The maximum absolute atomic E-state index is 10.3. The first kappa shape index (κ1) is 9.82. The maximum atomic E-state index is 10.3. The Bertz CT molecular complexity index is 118. The largest absolute Gasteiger partial charge is 0.374 e. The van der Waals surface area contributed by atoms with E-state index in [1.54, 1.807) is 6.66 Å². The van der Waals surface area contributed by atoms with Gasteiger partial charge in [0.25, 0.3) is 0 Å². The zero-order valence-corrected chi connectivity index (χ0v) is 6.84. The van der Waals surface area contributed by atoms with Crippen molar-refractivity contribution in [3.63, 3.8) is 0 Å². The minimum Gasteiger partial charge on any atom is -0.374 e. The van der Waals surface area contributed by atoms with E-state index in [1.165, 1.54) is 0 Å². The van der Waals surface area contributed by atoms with Crippen LogP contribution in [0.15, 0.2) is 0 Å². The van der Waals surface area contributed by atoms with Gasteiger partial charge in [0.05, 0.1) is 6.04 Å². The van der Waals surface area contributed by atoms with Crippen LogP contribution >= 0.6 is 8.15 Å². The standard InChI is InChI=1S/C5H13N2O2P/c1-10(9)3-2-4(6)5(7)8/h4,9H,2-3,6H2,1H3,(H2,7,8). The molecular weight excluding hydrogens is 151 g/mol. The van der Waals surface area contributed by atoms with Crippen molar-refractivity contribution in [2.75, 3.05) is 12.8 Å². The van der Waals surface area contributed by atoms with E-state index in [4.69, 9.17) is 16.4 Å². The molecule has 0 saturated carbocycles. The fourth-order valence-corrected chi connectivity index (χ4v) is 1.12. The molecule has 0 rings (SSSR count). The van der Waals surface area contributed by atoms with Gasteiger partial charge in [0.1, 0.15) is 0 Å². The Morgan fingerprint density at radius 1 is 1.80 bits per heavy atom. The van der Waals surface area contributed by atoms with E-state index in [0.717, 1.165) is 0 Å². The molecule has 2 unspecified atom stereocenters. The van der Waals surface area contributed by atoms with Gasteiger partial charge in [-0.1, -0.05) is 0 Å². The van der Waals surface area contributed by atoms with Gasteiger partial charge in [0, 0.05) is 8.15 Å². The van der Waals surface area contributed by atoms with E-state index in [-0.39, 0.29) is 0 Å². The SMILES string of the molecule is CP(O)CCC(N)C(N)=O. The van der Waals surface area contributed by atoms with E-state index in [1.807, 2.05) is 0 Å². The van der Waals surface area contributed by atoms with Crippen LogP contribution in [0.3, 0.4) is 0 Å². The summed E-state index contributed by atoms with van der Waals surface area (Å²) in [5, 5.41) is 0. The Morgan fingerprint density at radius 2 is 2.30 bits per heavy atom. The third-order valence-corrected chi connectivity index (χ3v) is 2.03. The minimum absolute atomic E-state index is 0.480. The first-order chi connectivity index (χ1) is 4.54. The molecule has 5 heteroatoms. The van der Waals surface area contributed by atoms with Crippen LogP contribution in [0, 0.1) is 0 Å². The number of primary amides is 1. The molecule has 0 aromatic carbocycles. The number of rotatable bonds is 4. The van der Waals surface area contributed by atoms with Crippen LogP contribution in [-0.4, -0.2) is 29.7 Å². The van der Waals surface area contributed by atoms with E-state index >= 15 is 0 Å². The van der Waals surface area contributed by atoms with Gasteiger partial charge in [0.2, 0.25) is 5.91 Å². The summed E-state index contributed by atoms with van der Waals surface area (Å²) in [6.07, 6.45) is 1.06. The highest BCUT2D eigenvalue weighted by Gasteiger charge is 2.09. The van der Waals surface area contributed by atoms with Crippen molar-refractivity contribution in [1.82, 2.24) is 0 Å². The molecule has 0 aliphatic rings. The normalized spacial score (nSPS) is 16.3. The molecule has 0 spiro atoms. The molecule has 0 aliphatic carbocycles. The fourth-order valence-electron chi connectivity index (χ4n) is 0.468. The van der Waals surface area contributed by atoms with Crippen LogP contribution in [0.5, 0.6) is 0 Å². The van der Waals surface area contributed by atoms with Crippen molar-refractivity contribution in [3.05, 3.63) is 0 Å². The predicted molar refractivity (Wildman–Crippen MR) is 41.7 cm³/mol. The lowest BCUT2D eigenvalue weighted by atomic mass is 10.2. The van der Waals surface area contributed by atoms with Gasteiger partial charge in [-0.3, -0.25) is 4.79 Å². The first-order valence-corrected chi connectivity index (χ1v) is 4.91. The highest BCUT2D eigenvalue weighted by Crippen LogP contribution is 2.24. The molecule has 4 nitrogen and oxygen atoms in total. The lowest BCUT2D eigenvalue weighted by Crippen LogP contribution is -2.36. The van der Waals surface area contributed by atoms with Crippen LogP contribution < -0.4 is 11.5 Å². The van der Waals surface area contributed by atoms with Crippen LogP contribution in [0.2, 0.25) is 0 Å². The van der Waals surface area contributed by atoms with Crippen LogP contribution in [0.1, 0.15) is 6.42 Å². The molecule has 0 aromatic heterocycles. The lowest BCUT2D eigenvalue weighted by molar-refractivity contribution is -0.119. The topological polar surface area (TPSA) is 89.3 Å². The molecule has 0 heterocycles. The third kappa shape index (κ3) is 4.68. The smallest absolute Gasteiger partial charge is 0.234 e. The molecule has 0 bridgehead atoms. The summed E-state index contributed by atoms with van der Waals surface area (Å²) in [5.41, 5.74) is 10.2. The number of hydrogen-bond donors (Lipinski definition) is 3. The number of nitrogens with two attached hydrogens (primary N) is 2. The van der Waals surface area contributed by atoms with E-state index in [9.17, 15) is 4.79 Å². The monoisotopic (exact) mass is 164 g/mol. The van der Waals surface area contributed by atoms with Crippen LogP contribution in [0.4, 0.5) is 0 Å². The molecule has 10 heavy (non-hydrogen) atoms. The maximum Gasteiger partial charge on any atom is 0.234 e. The molecule has 1 amide bonds. The zero-order valence-electron chi connectivity index (χ0n) is 5.95. The molecule has 0 aromatic rings. The Labute approximate surface area is 61.4 Å². The Balaban J connectivity index is 3.40. The Kier molecular flexibility index (Phi) is 4.52. The van der Waals surface area contributed by atoms with Crippen LogP contribution in [-0.2, 0) is 4.79 Å². The minimum atomic E-state index is -0.946. The van der Waals surface area contributed by atoms with Gasteiger partial charge >= 0.3 is 0 Å². The zero-order chi connectivity index (χ0) is 8.15. The molecule has 0 saturated heterocycles. The Hall–Kier alpha value is -0.180. The molecule has 0 fully saturated rings. The van der Waals surface area contributed by atoms with Crippen molar-refractivity contribution in [1.29, 1.82) is 0 Å². The molecule has 0 aliphatic heterocycles. The quantitative estimate of drug-likeness (QED) is 0.475. The highest BCUT2D eigenvalue weighted by molar-refractivity contribution is 7.50. The summed E-state index contributed by atoms with van der Waals surface area (Å²) in [6, 6.07) is -0.600. The highest BCUT2D eigenvalue weighted by atomic mass is 31.1. The second kappa shape index (κ2) is 4.61. The van der Waals surface area contributed by atoms with Crippen LogP contribution in [0.25, 0.3) is 0 Å². The summed E-state index contributed by atoms with van der Waals surface area (Å²) < 4.78 is 0. The summed E-state index contributed by atoms with van der Waals surface area (Å²) in [4.78, 5) is 19.2. The average Bonchev–Trinajstić information content (AvgIpc) is 1.82. The number of carbonyl (C=O) groups is 1. The second-order valence-corrected chi connectivity index (χ2v) is 3.94. The van der Waals surface area contributed by atoms with Crippen molar-refractivity contribution in [3.8, 4) is 0 Å². The number of amides is 1. The van der Waals surface area contributed by atoms with Gasteiger partial charge in [0.15, 0.2) is 0 Å². The summed E-state index contributed by atoms with van der Waals surface area (Å²) in [7, 11) is -0.946. The van der Waals surface area contributed by atoms with E-state index in [0.29, 0.717) is 12.6 Å². The average molecular weight is 164 g/mol. The van der Waals surface area contributed by atoms with Crippen molar-refractivity contribution < 1.29 is 9.69 Å². The van der Waals surface area contributed by atoms with Crippen molar-refractivity contribution in [2.45, 2.75) is 12.5 Å². The Morgan fingerprint density at radius 3 is 2.60 bits per heavy atom. The second-order valence-electron chi connectivity index (χ2n) is 2.18. The molecule has 5 N–H and O–H groups in total.